The van der Waals surface area contributed by atoms with Crippen LogP contribution >= 0.6 is 0 Å². The highest BCUT2D eigenvalue weighted by molar-refractivity contribution is 7.84. The Bertz CT molecular complexity index is 550. The van der Waals surface area contributed by atoms with Crippen molar-refractivity contribution in [2.24, 2.45) is 0 Å². The Morgan fingerprint density at radius 1 is 1.18 bits per heavy atom. The molecular weight excluding hydrogens is 319 g/mol. The van der Waals surface area contributed by atoms with Crippen LogP contribution in [0, 0.1) is 0 Å². The van der Waals surface area contributed by atoms with Gasteiger partial charge in [-0.05, 0) is 38.5 Å². The summed E-state index contributed by atoms with van der Waals surface area (Å²) in [5.74, 6) is -0.725. The number of methoxy groups -OCH3 is 1. The standard InChI is InChI=1S/C14H18F3NO3S/c1-13(2,3)22(20)18-11(12(19)21-4)9-5-7-10(8-6-9)14(15,16)17/h5-8,11,18H,1-4H3/t11-,22-/m1/s1. The van der Waals surface area contributed by atoms with Crippen molar-refractivity contribution in [3.63, 3.8) is 0 Å². The Morgan fingerprint density at radius 2 is 1.68 bits per heavy atom. The summed E-state index contributed by atoms with van der Waals surface area (Å²) in [6.45, 7) is 5.12. The van der Waals surface area contributed by atoms with Crippen LogP contribution in [0.3, 0.4) is 0 Å². The minimum Gasteiger partial charge on any atom is -0.468 e. The molecule has 0 amide bonds. The molecule has 0 bridgehead atoms. The van der Waals surface area contributed by atoms with Gasteiger partial charge in [-0.3, -0.25) is 0 Å². The molecule has 0 fully saturated rings. The van der Waals surface area contributed by atoms with E-state index in [1.54, 1.807) is 20.8 Å². The Hall–Kier alpha value is -1.41. The van der Waals surface area contributed by atoms with Gasteiger partial charge in [0.15, 0.2) is 0 Å². The van der Waals surface area contributed by atoms with Crippen molar-refractivity contribution in [2.45, 2.75) is 37.7 Å². The largest absolute Gasteiger partial charge is 0.468 e. The van der Waals surface area contributed by atoms with E-state index >= 15 is 0 Å². The Kier molecular flexibility index (Phi) is 5.75. The molecule has 0 unspecified atom stereocenters. The molecule has 124 valence electrons. The molecule has 0 saturated heterocycles. The predicted molar refractivity (Wildman–Crippen MR) is 77.2 cm³/mol. The van der Waals surface area contributed by atoms with E-state index in [2.05, 4.69) is 9.46 Å². The van der Waals surface area contributed by atoms with Crippen LogP contribution in [-0.2, 0) is 26.7 Å². The van der Waals surface area contributed by atoms with Gasteiger partial charge in [0.25, 0.3) is 0 Å². The van der Waals surface area contributed by atoms with E-state index in [4.69, 9.17) is 0 Å². The number of carbonyl (C=O) groups excluding carboxylic acids is 1. The lowest BCUT2D eigenvalue weighted by molar-refractivity contribution is -0.142. The Balaban J connectivity index is 3.08. The van der Waals surface area contributed by atoms with Crippen molar-refractivity contribution in [1.82, 2.24) is 4.72 Å². The van der Waals surface area contributed by atoms with Gasteiger partial charge >= 0.3 is 12.1 Å². The first kappa shape index (κ1) is 18.6. The molecule has 0 heterocycles. The van der Waals surface area contributed by atoms with Crippen LogP contribution in [-0.4, -0.2) is 22.0 Å². The smallest absolute Gasteiger partial charge is 0.416 e. The first-order chi connectivity index (χ1) is 9.96. The van der Waals surface area contributed by atoms with E-state index in [-0.39, 0.29) is 5.56 Å². The minimum atomic E-state index is -4.46. The number of nitrogens with one attached hydrogen (secondary N) is 1. The highest BCUT2D eigenvalue weighted by Gasteiger charge is 2.32. The van der Waals surface area contributed by atoms with E-state index < -0.39 is 39.5 Å². The third kappa shape index (κ3) is 4.81. The molecular formula is C14H18F3NO3S. The molecule has 0 radical (unpaired) electrons. The van der Waals surface area contributed by atoms with E-state index in [0.717, 1.165) is 31.4 Å². The van der Waals surface area contributed by atoms with Crippen molar-refractivity contribution in [2.75, 3.05) is 7.11 Å². The third-order valence-electron chi connectivity index (χ3n) is 2.79. The molecule has 0 saturated carbocycles. The molecule has 2 atom stereocenters. The number of alkyl halides is 3. The molecule has 1 N–H and O–H groups in total. The summed E-state index contributed by atoms with van der Waals surface area (Å²) in [6, 6.07) is 2.96. The second-order valence-corrected chi connectivity index (χ2v) is 7.57. The van der Waals surface area contributed by atoms with E-state index in [1.165, 1.54) is 0 Å². The molecule has 0 aliphatic rings. The normalized spacial score (nSPS) is 15.2. The molecule has 0 aliphatic carbocycles. The molecule has 8 heteroatoms. The molecule has 0 aromatic heterocycles. The van der Waals surface area contributed by atoms with Gasteiger partial charge in [-0.25, -0.2) is 13.7 Å². The summed E-state index contributed by atoms with van der Waals surface area (Å²) < 4.78 is 56.4. The Morgan fingerprint density at radius 3 is 2.05 bits per heavy atom. The van der Waals surface area contributed by atoms with Crippen LogP contribution < -0.4 is 4.72 Å². The molecule has 0 aliphatic heterocycles. The first-order valence-electron chi connectivity index (χ1n) is 6.40. The molecule has 1 rings (SSSR count). The van der Waals surface area contributed by atoms with Crippen LogP contribution in [0.1, 0.15) is 37.9 Å². The lowest BCUT2D eigenvalue weighted by Gasteiger charge is -2.23. The van der Waals surface area contributed by atoms with Gasteiger partial charge in [0, 0.05) is 0 Å². The van der Waals surface area contributed by atoms with Crippen LogP contribution in [0.4, 0.5) is 13.2 Å². The minimum absolute atomic E-state index is 0.248. The topological polar surface area (TPSA) is 55.4 Å². The zero-order valence-electron chi connectivity index (χ0n) is 12.7. The quantitative estimate of drug-likeness (QED) is 0.860. The fourth-order valence-corrected chi connectivity index (χ4v) is 2.32. The van der Waals surface area contributed by atoms with Crippen LogP contribution in [0.2, 0.25) is 0 Å². The maximum Gasteiger partial charge on any atom is 0.416 e. The molecule has 1 aromatic carbocycles. The maximum absolute atomic E-state index is 12.6. The van der Waals surface area contributed by atoms with Gasteiger partial charge in [-0.2, -0.15) is 13.2 Å². The monoisotopic (exact) mass is 337 g/mol. The van der Waals surface area contributed by atoms with Crippen LogP contribution in [0.15, 0.2) is 24.3 Å². The third-order valence-corrected chi connectivity index (χ3v) is 4.35. The number of halogens is 3. The lowest BCUT2D eigenvalue weighted by Crippen LogP contribution is -2.39. The summed E-state index contributed by atoms with van der Waals surface area (Å²) in [5, 5.41) is 0. The number of hydrogen-bond donors (Lipinski definition) is 1. The maximum atomic E-state index is 12.6. The van der Waals surface area contributed by atoms with E-state index in [1.807, 2.05) is 0 Å². The van der Waals surface area contributed by atoms with Gasteiger partial charge in [-0.15, -0.1) is 0 Å². The summed E-state index contributed by atoms with van der Waals surface area (Å²) in [6.07, 6.45) is -4.46. The summed E-state index contributed by atoms with van der Waals surface area (Å²) in [5.41, 5.74) is -0.575. The van der Waals surface area contributed by atoms with E-state index in [9.17, 15) is 22.2 Å². The highest BCUT2D eigenvalue weighted by atomic mass is 32.2. The molecule has 22 heavy (non-hydrogen) atoms. The number of benzene rings is 1. The first-order valence-corrected chi connectivity index (χ1v) is 7.55. The summed E-state index contributed by atoms with van der Waals surface area (Å²) >= 11 is 0. The SMILES string of the molecule is COC(=O)[C@H](N[S@](=O)C(C)(C)C)c1ccc(C(F)(F)F)cc1. The average Bonchev–Trinajstić information content (AvgIpc) is 2.41. The van der Waals surface area contributed by atoms with Crippen molar-refractivity contribution >= 4 is 17.0 Å². The van der Waals surface area contributed by atoms with E-state index in [0.29, 0.717) is 0 Å². The van der Waals surface area contributed by atoms with Crippen LogP contribution in [0.25, 0.3) is 0 Å². The lowest BCUT2D eigenvalue weighted by atomic mass is 10.1. The van der Waals surface area contributed by atoms with Crippen LogP contribution in [0.5, 0.6) is 0 Å². The number of ether oxygens (including phenoxy) is 1. The van der Waals surface area contributed by atoms with Gasteiger partial charge in [-0.1, -0.05) is 12.1 Å². The summed E-state index contributed by atoms with van der Waals surface area (Å²) in [7, 11) is -0.432. The number of esters is 1. The predicted octanol–water partition coefficient (Wildman–Crippen LogP) is 2.97. The average molecular weight is 337 g/mol. The number of rotatable bonds is 4. The zero-order valence-corrected chi connectivity index (χ0v) is 13.5. The fraction of sp³-hybridized carbons (Fsp3) is 0.500. The number of hydrogen-bond acceptors (Lipinski definition) is 3. The van der Waals surface area contributed by atoms with Crippen molar-refractivity contribution in [1.29, 1.82) is 0 Å². The van der Waals surface area contributed by atoms with Gasteiger partial charge in [0.05, 0.1) is 28.4 Å². The second kappa shape index (κ2) is 6.78. The van der Waals surface area contributed by atoms with Gasteiger partial charge in [0.2, 0.25) is 0 Å². The number of carbonyl (C=O) groups is 1. The highest BCUT2D eigenvalue weighted by Crippen LogP contribution is 2.30. The molecule has 4 nitrogen and oxygen atoms in total. The zero-order chi connectivity index (χ0) is 17.1. The van der Waals surface area contributed by atoms with Crippen molar-refractivity contribution < 1.29 is 26.9 Å². The fourth-order valence-electron chi connectivity index (χ4n) is 1.52. The summed E-state index contributed by atoms with van der Waals surface area (Å²) in [4.78, 5) is 11.8. The second-order valence-electron chi connectivity index (χ2n) is 5.57. The van der Waals surface area contributed by atoms with Crippen molar-refractivity contribution in [3.8, 4) is 0 Å². The molecule has 1 aromatic rings. The molecule has 0 spiro atoms. The Labute approximate surface area is 129 Å². The van der Waals surface area contributed by atoms with Crippen molar-refractivity contribution in [3.05, 3.63) is 35.4 Å². The van der Waals surface area contributed by atoms with Gasteiger partial charge in [0.1, 0.15) is 6.04 Å². The van der Waals surface area contributed by atoms with Gasteiger partial charge < -0.3 is 4.74 Å².